The van der Waals surface area contributed by atoms with Crippen molar-refractivity contribution in [3.63, 3.8) is 0 Å². The van der Waals surface area contributed by atoms with E-state index in [1.165, 1.54) is 17.4 Å². The molecule has 4 rings (SSSR count). The minimum absolute atomic E-state index is 0.0508. The largest absolute Gasteiger partial charge is 0.388 e. The summed E-state index contributed by atoms with van der Waals surface area (Å²) in [7, 11) is -2.59. The molecule has 0 radical (unpaired) electrons. The number of hydrogen-bond acceptors (Lipinski definition) is 13. The van der Waals surface area contributed by atoms with Crippen LogP contribution in [-0.2, 0) is 47.9 Å². The molecule has 4 aliphatic rings. The van der Waals surface area contributed by atoms with Crippen LogP contribution in [0.4, 0.5) is 0 Å². The fourth-order valence-corrected chi connectivity index (χ4v) is 6.01. The van der Waals surface area contributed by atoms with E-state index in [1.807, 2.05) is 0 Å². The molecule has 4 saturated heterocycles. The molecule has 0 saturated carbocycles. The molecule has 7 atom stereocenters. The third-order valence-corrected chi connectivity index (χ3v) is 8.11. The smallest absolute Gasteiger partial charge is 0.246 e. The van der Waals surface area contributed by atoms with Crippen molar-refractivity contribution in [2.24, 2.45) is 10.3 Å². The number of aliphatic hydroxyl groups excluding tert-OH is 2. The molecule has 226 valence electrons. The summed E-state index contributed by atoms with van der Waals surface area (Å²) in [6.07, 6.45) is -0.844. The Morgan fingerprint density at radius 2 is 1.60 bits per heavy atom. The lowest BCUT2D eigenvalue weighted by atomic mass is 9.88. The summed E-state index contributed by atoms with van der Waals surface area (Å²) in [6, 6.07) is -1.87. The predicted octanol–water partition coefficient (Wildman–Crippen LogP) is -2.92. The summed E-state index contributed by atoms with van der Waals surface area (Å²) in [5, 5.41) is 24.3. The van der Waals surface area contributed by atoms with E-state index in [-0.39, 0.29) is 89.1 Å². The predicted molar refractivity (Wildman–Crippen MR) is 137 cm³/mol. The molecule has 2 unspecified atom stereocenters. The number of hydrogen-bond donors (Lipinski definition) is 3. The maximum absolute atomic E-state index is 12.8. The van der Waals surface area contributed by atoms with Crippen LogP contribution >= 0.6 is 0 Å². The second-order valence-corrected chi connectivity index (χ2v) is 13.4. The number of nitrogens with one attached hydrogen (secondary N) is 1. The first-order valence-electron chi connectivity index (χ1n) is 13.2. The number of carbonyl (C=O) groups excluding carboxylic acids is 4. The third-order valence-electron chi connectivity index (χ3n) is 7.36. The SMILES string of the molecule is CC1CC(=O)N(CCOCCOCCN2C(=O)CC(NC[C@@]34CO[C@@H](O3)[C@@H](N=S(C)(C)=O)[C@@H](O)[C@H]4O)C2=O)C1=O. The van der Waals surface area contributed by atoms with Gasteiger partial charge in [0.25, 0.3) is 0 Å². The molecule has 0 spiro atoms. The van der Waals surface area contributed by atoms with E-state index in [9.17, 15) is 33.6 Å². The monoisotopic (exact) mass is 590 g/mol. The zero-order chi connectivity index (χ0) is 29.2. The molecule has 0 aliphatic carbocycles. The Bertz CT molecular complexity index is 1120. The van der Waals surface area contributed by atoms with E-state index < -0.39 is 51.8 Å². The maximum Gasteiger partial charge on any atom is 0.246 e. The van der Waals surface area contributed by atoms with Crippen LogP contribution in [0.2, 0.25) is 0 Å². The van der Waals surface area contributed by atoms with E-state index in [1.54, 1.807) is 6.92 Å². The number of imide groups is 2. The molecule has 0 aromatic heterocycles. The van der Waals surface area contributed by atoms with Crippen molar-refractivity contribution in [1.82, 2.24) is 15.1 Å². The van der Waals surface area contributed by atoms with Crippen molar-refractivity contribution >= 4 is 33.4 Å². The van der Waals surface area contributed by atoms with Gasteiger partial charge in [-0.1, -0.05) is 6.92 Å². The number of nitrogens with zero attached hydrogens (tertiary/aromatic N) is 3. The van der Waals surface area contributed by atoms with Gasteiger partial charge >= 0.3 is 0 Å². The molecule has 0 aromatic carbocycles. The highest BCUT2D eigenvalue weighted by molar-refractivity contribution is 7.92. The van der Waals surface area contributed by atoms with Gasteiger partial charge in [0.1, 0.15) is 23.9 Å². The average molecular weight is 591 g/mol. The fraction of sp³-hybridized carbons (Fsp3) is 0.833. The van der Waals surface area contributed by atoms with E-state index in [0.29, 0.717) is 0 Å². The van der Waals surface area contributed by atoms with Gasteiger partial charge in [-0.2, -0.15) is 0 Å². The molecule has 40 heavy (non-hydrogen) atoms. The minimum atomic E-state index is -2.59. The van der Waals surface area contributed by atoms with Gasteiger partial charge in [0.2, 0.25) is 23.6 Å². The molecule has 4 fully saturated rings. The highest BCUT2D eigenvalue weighted by atomic mass is 32.2. The molecule has 4 heterocycles. The van der Waals surface area contributed by atoms with Crippen molar-refractivity contribution in [2.45, 2.75) is 55.9 Å². The van der Waals surface area contributed by atoms with Crippen molar-refractivity contribution in [3.8, 4) is 0 Å². The van der Waals surface area contributed by atoms with E-state index >= 15 is 0 Å². The summed E-state index contributed by atoms with van der Waals surface area (Å²) in [5.74, 6) is -1.50. The summed E-state index contributed by atoms with van der Waals surface area (Å²) in [5.41, 5.74) is -1.36. The molecule has 0 aromatic rings. The zero-order valence-corrected chi connectivity index (χ0v) is 23.7. The van der Waals surface area contributed by atoms with Crippen molar-refractivity contribution < 1.29 is 52.5 Å². The Balaban J connectivity index is 1.16. The Morgan fingerprint density at radius 3 is 2.17 bits per heavy atom. The van der Waals surface area contributed by atoms with Crippen LogP contribution in [0.15, 0.2) is 4.36 Å². The van der Waals surface area contributed by atoms with Crippen LogP contribution in [0.5, 0.6) is 0 Å². The summed E-state index contributed by atoms with van der Waals surface area (Å²) < 4.78 is 38.4. The minimum Gasteiger partial charge on any atom is -0.388 e. The lowest BCUT2D eigenvalue weighted by Crippen LogP contribution is -2.64. The first kappa shape index (κ1) is 30.9. The van der Waals surface area contributed by atoms with E-state index in [2.05, 4.69) is 9.68 Å². The second kappa shape index (κ2) is 12.4. The lowest BCUT2D eigenvalue weighted by molar-refractivity contribution is -0.216. The summed E-state index contributed by atoms with van der Waals surface area (Å²) in [6.45, 7) is 2.53. The number of amides is 4. The Kier molecular flexibility index (Phi) is 9.61. The first-order chi connectivity index (χ1) is 18.8. The van der Waals surface area contributed by atoms with Crippen molar-refractivity contribution in [2.75, 3.05) is 65.2 Å². The Hall–Kier alpha value is -2.05. The molecule has 4 aliphatic heterocycles. The number of aliphatic hydroxyl groups is 2. The quantitative estimate of drug-likeness (QED) is 0.146. The van der Waals surface area contributed by atoms with Gasteiger partial charge in [0, 0.05) is 41.1 Å². The molecule has 4 amide bonds. The first-order valence-corrected chi connectivity index (χ1v) is 15.6. The van der Waals surface area contributed by atoms with Crippen LogP contribution in [0.3, 0.4) is 0 Å². The normalized spacial score (nSPS) is 34.4. The van der Waals surface area contributed by atoms with Crippen LogP contribution in [0, 0.1) is 5.92 Å². The van der Waals surface area contributed by atoms with Gasteiger partial charge in [-0.3, -0.25) is 33.2 Å². The van der Waals surface area contributed by atoms with Gasteiger partial charge in [0.15, 0.2) is 6.29 Å². The van der Waals surface area contributed by atoms with Crippen molar-refractivity contribution in [3.05, 3.63) is 0 Å². The van der Waals surface area contributed by atoms with Gasteiger partial charge in [-0.05, 0) is 0 Å². The summed E-state index contributed by atoms with van der Waals surface area (Å²) in [4.78, 5) is 51.2. The standard InChI is InChI=1S/C24H38N4O11S/c1-14-10-16(29)27(21(14)33)4-6-36-8-9-37-7-5-28-17(30)11-15(22(28)34)25-12-24-13-38-23(39-24)18(19(31)20(24)32)26-40(2,3)35/h14-15,18-20,23,25,31-32H,4-13H2,1-3H3/t14?,15?,18-,19+,20+,23-,24-/m0/s1. The average Bonchev–Trinajstić information content (AvgIpc) is 3.49. The second-order valence-electron chi connectivity index (χ2n) is 10.8. The molecule has 16 heteroatoms. The fourth-order valence-electron chi connectivity index (χ4n) is 5.20. The van der Waals surface area contributed by atoms with Crippen LogP contribution in [0.1, 0.15) is 19.8 Å². The number of carbonyl (C=O) groups is 4. The van der Waals surface area contributed by atoms with Gasteiger partial charge < -0.3 is 34.5 Å². The van der Waals surface area contributed by atoms with Crippen LogP contribution in [-0.4, -0.2) is 149 Å². The lowest BCUT2D eigenvalue weighted by Gasteiger charge is -2.41. The molecular formula is C24H38N4O11S. The van der Waals surface area contributed by atoms with Crippen molar-refractivity contribution in [1.29, 1.82) is 0 Å². The van der Waals surface area contributed by atoms with Crippen LogP contribution in [0.25, 0.3) is 0 Å². The zero-order valence-electron chi connectivity index (χ0n) is 22.9. The number of fused-ring (bicyclic) bond motifs is 2. The number of likely N-dealkylation sites (tertiary alicyclic amines) is 2. The number of rotatable bonds is 13. The third kappa shape index (κ3) is 6.70. The van der Waals surface area contributed by atoms with Gasteiger partial charge in [-0.25, -0.2) is 4.36 Å². The van der Waals surface area contributed by atoms with Gasteiger partial charge in [0.05, 0.1) is 58.6 Å². The van der Waals surface area contributed by atoms with E-state index in [0.717, 1.165) is 4.90 Å². The highest BCUT2D eigenvalue weighted by Gasteiger charge is 2.59. The molecule has 3 N–H and O–H groups in total. The van der Waals surface area contributed by atoms with Crippen LogP contribution < -0.4 is 5.32 Å². The van der Waals surface area contributed by atoms with E-state index in [4.69, 9.17) is 18.9 Å². The molecule has 15 nitrogen and oxygen atoms in total. The summed E-state index contributed by atoms with van der Waals surface area (Å²) >= 11 is 0. The molecule has 2 bridgehead atoms. The maximum atomic E-state index is 12.8. The number of ether oxygens (including phenoxy) is 4. The Morgan fingerprint density at radius 1 is 1.00 bits per heavy atom. The highest BCUT2D eigenvalue weighted by Crippen LogP contribution is 2.38. The Labute approximate surface area is 232 Å². The topological polar surface area (TPSA) is 194 Å². The van der Waals surface area contributed by atoms with Gasteiger partial charge in [-0.15, -0.1) is 0 Å². The molecular weight excluding hydrogens is 552 g/mol.